The first-order valence-corrected chi connectivity index (χ1v) is 12.5. The number of esters is 2. The van der Waals surface area contributed by atoms with E-state index in [1.165, 1.54) is 0 Å². The van der Waals surface area contributed by atoms with Crippen molar-refractivity contribution in [1.82, 2.24) is 0 Å². The van der Waals surface area contributed by atoms with Crippen LogP contribution in [0.1, 0.15) is 59.5 Å². The van der Waals surface area contributed by atoms with Crippen molar-refractivity contribution in [1.29, 1.82) is 0 Å². The quantitative estimate of drug-likeness (QED) is 0.424. The molecule has 4 rings (SSSR count). The second kappa shape index (κ2) is 11.2. The maximum Gasteiger partial charge on any atom is 0.338 e. The van der Waals surface area contributed by atoms with Gasteiger partial charge in [-0.15, -0.1) is 0 Å². The van der Waals surface area contributed by atoms with E-state index in [0.717, 1.165) is 11.1 Å². The first kappa shape index (κ1) is 27.7. The van der Waals surface area contributed by atoms with Gasteiger partial charge >= 0.3 is 11.9 Å². The van der Waals surface area contributed by atoms with E-state index in [9.17, 15) is 9.59 Å². The highest BCUT2D eigenvalue weighted by atomic mass is 16.8. The summed E-state index contributed by atoms with van der Waals surface area (Å²) in [7, 11) is 0. The Morgan fingerprint density at radius 1 is 0.737 bits per heavy atom. The number of hydrogen-bond donors (Lipinski definition) is 0. The maximum absolute atomic E-state index is 13.3. The van der Waals surface area contributed by atoms with Gasteiger partial charge in [0.1, 0.15) is 12.2 Å². The molecule has 4 atom stereocenters. The van der Waals surface area contributed by atoms with Crippen molar-refractivity contribution >= 4 is 24.1 Å². The maximum atomic E-state index is 13.3. The zero-order valence-electron chi connectivity index (χ0n) is 22.2. The minimum Gasteiger partial charge on any atom is -0.452 e. The third kappa shape index (κ3) is 6.57. The van der Waals surface area contributed by atoms with E-state index in [2.05, 4.69) is 13.2 Å². The molecule has 0 aliphatic carbocycles. The topological polar surface area (TPSA) is 89.5 Å². The monoisotopic (exact) mass is 522 g/mol. The third-order valence-electron chi connectivity index (χ3n) is 6.37. The SMILES string of the molecule is C=Cc1ccc(C(=O)O[C@@H]([C@H](OC(=O)c2ccc(C=C)cc2)[C@H]2COC(C)(C)O2)[C@H]2COC(C)(C)O2)cc1. The summed E-state index contributed by atoms with van der Waals surface area (Å²) in [5.41, 5.74) is 2.38. The van der Waals surface area contributed by atoms with Gasteiger partial charge in [-0.25, -0.2) is 9.59 Å². The van der Waals surface area contributed by atoms with Crippen molar-refractivity contribution in [2.75, 3.05) is 13.2 Å². The normalized spacial score (nSPS) is 23.3. The van der Waals surface area contributed by atoms with Crippen LogP contribution in [-0.4, -0.2) is 61.1 Å². The Labute approximate surface area is 223 Å². The van der Waals surface area contributed by atoms with Crippen LogP contribution in [-0.2, 0) is 28.4 Å². The Morgan fingerprint density at radius 2 is 1.08 bits per heavy atom. The minimum absolute atomic E-state index is 0.124. The second-order valence-corrected chi connectivity index (χ2v) is 10.1. The van der Waals surface area contributed by atoms with Crippen LogP contribution in [0.25, 0.3) is 12.2 Å². The van der Waals surface area contributed by atoms with Crippen molar-refractivity contribution in [3.8, 4) is 0 Å². The molecule has 2 fully saturated rings. The number of carbonyl (C=O) groups excluding carboxylic acids is 2. The lowest BCUT2D eigenvalue weighted by Crippen LogP contribution is -2.51. The van der Waals surface area contributed by atoms with Crippen LogP contribution in [0.2, 0.25) is 0 Å². The Hall–Kier alpha value is -3.30. The third-order valence-corrected chi connectivity index (χ3v) is 6.37. The zero-order valence-corrected chi connectivity index (χ0v) is 22.2. The molecule has 0 amide bonds. The molecule has 2 heterocycles. The van der Waals surface area contributed by atoms with Crippen LogP contribution >= 0.6 is 0 Å². The van der Waals surface area contributed by atoms with Gasteiger partial charge in [-0.2, -0.15) is 0 Å². The lowest BCUT2D eigenvalue weighted by atomic mass is 10.0. The molecule has 8 nitrogen and oxygen atoms in total. The van der Waals surface area contributed by atoms with E-state index in [4.69, 9.17) is 28.4 Å². The van der Waals surface area contributed by atoms with E-state index in [1.54, 1.807) is 88.4 Å². The average molecular weight is 523 g/mol. The second-order valence-electron chi connectivity index (χ2n) is 10.1. The summed E-state index contributed by atoms with van der Waals surface area (Å²) in [5.74, 6) is -3.04. The molecule has 0 N–H and O–H groups in total. The molecule has 2 aromatic carbocycles. The molecule has 0 unspecified atom stereocenters. The fraction of sp³-hybridized carbons (Fsp3) is 0.400. The number of carbonyl (C=O) groups is 2. The zero-order chi connectivity index (χ0) is 27.5. The highest BCUT2D eigenvalue weighted by Crippen LogP contribution is 2.33. The van der Waals surface area contributed by atoms with Gasteiger partial charge < -0.3 is 28.4 Å². The highest BCUT2D eigenvalue weighted by Gasteiger charge is 2.50. The van der Waals surface area contributed by atoms with Crippen LogP contribution in [0.3, 0.4) is 0 Å². The van der Waals surface area contributed by atoms with E-state index in [1.807, 2.05) is 0 Å². The standard InChI is InChI=1S/C30H34O8/c1-7-19-9-13-21(14-10-19)27(31)35-25(23-17-33-29(3,4)37-23)26(24-18-34-30(5,6)38-24)36-28(32)22-15-11-20(8-2)12-16-22/h7-16,23-26H,1-2,17-18H2,3-6H3/t23-,24-,25-,26-/m1/s1. The largest absolute Gasteiger partial charge is 0.452 e. The van der Waals surface area contributed by atoms with Gasteiger partial charge in [-0.3, -0.25) is 0 Å². The lowest BCUT2D eigenvalue weighted by molar-refractivity contribution is -0.185. The van der Waals surface area contributed by atoms with Gasteiger partial charge in [0, 0.05) is 0 Å². The van der Waals surface area contributed by atoms with Crippen LogP contribution < -0.4 is 0 Å². The van der Waals surface area contributed by atoms with Crippen LogP contribution in [0, 0.1) is 0 Å². The first-order valence-electron chi connectivity index (χ1n) is 12.5. The van der Waals surface area contributed by atoms with Crippen molar-refractivity contribution in [2.24, 2.45) is 0 Å². The first-order chi connectivity index (χ1) is 18.0. The van der Waals surface area contributed by atoms with Gasteiger partial charge in [0.2, 0.25) is 0 Å². The predicted octanol–water partition coefficient (Wildman–Crippen LogP) is 5.03. The molecule has 2 aliphatic heterocycles. The predicted molar refractivity (Wildman–Crippen MR) is 141 cm³/mol. The molecule has 2 aromatic rings. The molecule has 2 aliphatic rings. The smallest absolute Gasteiger partial charge is 0.338 e. The van der Waals surface area contributed by atoms with Crippen molar-refractivity contribution in [2.45, 2.75) is 63.7 Å². The Balaban J connectivity index is 1.66. The summed E-state index contributed by atoms with van der Waals surface area (Å²) in [6, 6.07) is 13.6. The minimum atomic E-state index is -1.05. The van der Waals surface area contributed by atoms with Crippen LogP contribution in [0.4, 0.5) is 0 Å². The van der Waals surface area contributed by atoms with Crippen molar-refractivity contribution in [3.63, 3.8) is 0 Å². The Kier molecular flexibility index (Phi) is 8.18. The summed E-state index contributed by atoms with van der Waals surface area (Å²) in [4.78, 5) is 26.6. The van der Waals surface area contributed by atoms with E-state index in [-0.39, 0.29) is 13.2 Å². The van der Waals surface area contributed by atoms with E-state index < -0.39 is 47.9 Å². The van der Waals surface area contributed by atoms with Crippen molar-refractivity contribution in [3.05, 3.63) is 83.9 Å². The fourth-order valence-electron chi connectivity index (χ4n) is 4.36. The van der Waals surface area contributed by atoms with Gasteiger partial charge in [-0.05, 0) is 63.1 Å². The molecule has 0 aromatic heterocycles. The molecule has 0 saturated carbocycles. The van der Waals surface area contributed by atoms with Crippen LogP contribution in [0.5, 0.6) is 0 Å². The molecular formula is C30H34O8. The Bertz CT molecular complexity index is 1070. The molecule has 0 spiro atoms. The van der Waals surface area contributed by atoms with Crippen LogP contribution in [0.15, 0.2) is 61.7 Å². The fourth-order valence-corrected chi connectivity index (χ4v) is 4.36. The molecule has 0 radical (unpaired) electrons. The highest BCUT2D eigenvalue weighted by molar-refractivity contribution is 5.90. The number of rotatable bonds is 9. The number of benzene rings is 2. The van der Waals surface area contributed by atoms with E-state index >= 15 is 0 Å². The van der Waals surface area contributed by atoms with E-state index in [0.29, 0.717) is 11.1 Å². The summed E-state index contributed by atoms with van der Waals surface area (Å²) in [5, 5.41) is 0. The van der Waals surface area contributed by atoms with Gasteiger partial charge in [0.05, 0.1) is 24.3 Å². The molecule has 38 heavy (non-hydrogen) atoms. The molecular weight excluding hydrogens is 488 g/mol. The summed E-state index contributed by atoms with van der Waals surface area (Å²) < 4.78 is 35.7. The molecule has 202 valence electrons. The summed E-state index contributed by atoms with van der Waals surface area (Å²) >= 11 is 0. The number of hydrogen-bond acceptors (Lipinski definition) is 8. The molecule has 8 heteroatoms. The summed E-state index contributed by atoms with van der Waals surface area (Å²) in [6.45, 7) is 14.8. The van der Waals surface area contributed by atoms with Gasteiger partial charge in [0.25, 0.3) is 0 Å². The molecule has 0 bridgehead atoms. The average Bonchev–Trinajstić information content (AvgIpc) is 3.46. The number of ether oxygens (including phenoxy) is 6. The summed E-state index contributed by atoms with van der Waals surface area (Å²) in [6.07, 6.45) is -0.200. The van der Waals surface area contributed by atoms with Crippen molar-refractivity contribution < 1.29 is 38.0 Å². The Morgan fingerprint density at radius 3 is 1.34 bits per heavy atom. The molecule has 2 saturated heterocycles. The lowest BCUT2D eigenvalue weighted by Gasteiger charge is -2.33. The van der Waals surface area contributed by atoms with Gasteiger partial charge in [0.15, 0.2) is 23.8 Å². The van der Waals surface area contributed by atoms with Gasteiger partial charge in [-0.1, -0.05) is 49.6 Å².